The topological polar surface area (TPSA) is 21.3 Å². The first-order valence-corrected chi connectivity index (χ1v) is 7.18. The third kappa shape index (κ3) is 2.86. The summed E-state index contributed by atoms with van der Waals surface area (Å²) in [6, 6.07) is 8.62. The molecular formula is C16H25NO. The zero-order valence-electron chi connectivity index (χ0n) is 11.8. The molecule has 1 heterocycles. The van der Waals surface area contributed by atoms with Crippen LogP contribution >= 0.6 is 0 Å². The Morgan fingerprint density at radius 2 is 2.22 bits per heavy atom. The van der Waals surface area contributed by atoms with E-state index in [1.165, 1.54) is 31.2 Å². The van der Waals surface area contributed by atoms with E-state index < -0.39 is 0 Å². The minimum Gasteiger partial charge on any atom is -0.491 e. The van der Waals surface area contributed by atoms with Crippen LogP contribution in [0.25, 0.3) is 0 Å². The summed E-state index contributed by atoms with van der Waals surface area (Å²) >= 11 is 0. The summed E-state index contributed by atoms with van der Waals surface area (Å²) in [6.45, 7) is 7.54. The number of rotatable bonds is 5. The van der Waals surface area contributed by atoms with Crippen molar-refractivity contribution in [3.05, 3.63) is 29.8 Å². The number of hydrogen-bond donors (Lipinski definition) is 1. The molecule has 1 aliphatic heterocycles. The fourth-order valence-corrected chi connectivity index (χ4v) is 2.98. The number of ether oxygens (including phenoxy) is 1. The van der Waals surface area contributed by atoms with Crippen LogP contribution in [0.1, 0.15) is 52.0 Å². The predicted molar refractivity (Wildman–Crippen MR) is 76.0 cm³/mol. The Morgan fingerprint density at radius 3 is 2.83 bits per heavy atom. The second kappa shape index (κ2) is 5.75. The van der Waals surface area contributed by atoms with E-state index in [9.17, 15) is 0 Å². The minimum absolute atomic E-state index is 0.186. The van der Waals surface area contributed by atoms with E-state index in [0.29, 0.717) is 0 Å². The Kier molecular flexibility index (Phi) is 4.28. The maximum Gasteiger partial charge on any atom is 0.120 e. The number of benzene rings is 1. The zero-order valence-corrected chi connectivity index (χ0v) is 11.8. The van der Waals surface area contributed by atoms with Crippen molar-refractivity contribution in [2.45, 2.75) is 58.1 Å². The summed E-state index contributed by atoms with van der Waals surface area (Å²) in [5, 5.41) is 3.71. The van der Waals surface area contributed by atoms with Crippen molar-refractivity contribution in [3.63, 3.8) is 0 Å². The summed E-state index contributed by atoms with van der Waals surface area (Å²) in [6.07, 6.45) is 5.17. The molecule has 18 heavy (non-hydrogen) atoms. The highest BCUT2D eigenvalue weighted by Gasteiger charge is 2.34. The van der Waals surface area contributed by atoms with Crippen molar-refractivity contribution < 1.29 is 4.74 Å². The van der Waals surface area contributed by atoms with E-state index >= 15 is 0 Å². The van der Waals surface area contributed by atoms with E-state index in [1.807, 2.05) is 0 Å². The summed E-state index contributed by atoms with van der Waals surface area (Å²) in [5.41, 5.74) is 1.57. The van der Waals surface area contributed by atoms with Gasteiger partial charge in [-0.05, 0) is 57.4 Å². The van der Waals surface area contributed by atoms with E-state index in [-0.39, 0.29) is 11.6 Å². The standard InChI is InChI=1S/C16H25NO/c1-4-9-16(10-6-11-17-16)14-7-5-8-15(12-14)18-13(2)3/h5,7-8,12-13,17H,4,6,9-11H2,1-3H3. The molecule has 1 aliphatic rings. The van der Waals surface area contributed by atoms with Gasteiger partial charge in [0.2, 0.25) is 0 Å². The SMILES string of the molecule is CCCC1(c2cccc(OC(C)C)c2)CCCN1. The minimum atomic E-state index is 0.186. The molecule has 2 nitrogen and oxygen atoms in total. The zero-order chi connectivity index (χ0) is 13.0. The Hall–Kier alpha value is -1.02. The van der Waals surface area contributed by atoms with Crippen LogP contribution in [0.5, 0.6) is 5.75 Å². The third-order valence-electron chi connectivity index (χ3n) is 3.68. The van der Waals surface area contributed by atoms with Gasteiger partial charge in [-0.15, -0.1) is 0 Å². The molecule has 0 bridgehead atoms. The van der Waals surface area contributed by atoms with Gasteiger partial charge in [-0.3, -0.25) is 0 Å². The lowest BCUT2D eigenvalue weighted by Gasteiger charge is -2.30. The molecule has 0 aliphatic carbocycles. The Balaban J connectivity index is 2.25. The highest BCUT2D eigenvalue weighted by molar-refractivity contribution is 5.34. The van der Waals surface area contributed by atoms with Crippen LogP contribution in [0.4, 0.5) is 0 Å². The van der Waals surface area contributed by atoms with E-state index in [4.69, 9.17) is 4.74 Å². The number of hydrogen-bond acceptors (Lipinski definition) is 2. The van der Waals surface area contributed by atoms with Crippen LogP contribution in [0, 0.1) is 0 Å². The molecule has 0 saturated carbocycles. The molecule has 0 spiro atoms. The summed E-state index contributed by atoms with van der Waals surface area (Å²) in [4.78, 5) is 0. The van der Waals surface area contributed by atoms with E-state index in [0.717, 1.165) is 12.3 Å². The average Bonchev–Trinajstić information content (AvgIpc) is 2.79. The van der Waals surface area contributed by atoms with E-state index in [2.05, 4.69) is 50.4 Å². The van der Waals surface area contributed by atoms with Gasteiger partial charge >= 0.3 is 0 Å². The van der Waals surface area contributed by atoms with Crippen LogP contribution < -0.4 is 10.1 Å². The first-order chi connectivity index (χ1) is 8.66. The largest absolute Gasteiger partial charge is 0.491 e. The Bertz CT molecular complexity index is 380. The number of nitrogens with one attached hydrogen (secondary N) is 1. The van der Waals surface area contributed by atoms with Crippen LogP contribution in [-0.4, -0.2) is 12.6 Å². The fraction of sp³-hybridized carbons (Fsp3) is 0.625. The molecule has 0 amide bonds. The molecular weight excluding hydrogens is 222 g/mol. The van der Waals surface area contributed by atoms with E-state index in [1.54, 1.807) is 0 Å². The lowest BCUT2D eigenvalue weighted by molar-refractivity contribution is 0.241. The highest BCUT2D eigenvalue weighted by atomic mass is 16.5. The van der Waals surface area contributed by atoms with Crippen LogP contribution in [0.3, 0.4) is 0 Å². The fourth-order valence-electron chi connectivity index (χ4n) is 2.98. The molecule has 1 aromatic carbocycles. The van der Waals surface area contributed by atoms with Crippen LogP contribution in [0.2, 0.25) is 0 Å². The van der Waals surface area contributed by atoms with Crippen molar-refractivity contribution in [2.24, 2.45) is 0 Å². The van der Waals surface area contributed by atoms with Crippen molar-refractivity contribution in [1.29, 1.82) is 0 Å². The Morgan fingerprint density at radius 1 is 1.39 bits per heavy atom. The quantitative estimate of drug-likeness (QED) is 0.853. The molecule has 1 fully saturated rings. The van der Waals surface area contributed by atoms with Crippen molar-refractivity contribution in [2.75, 3.05) is 6.54 Å². The van der Waals surface area contributed by atoms with Gasteiger partial charge in [0.15, 0.2) is 0 Å². The molecule has 1 saturated heterocycles. The molecule has 1 atom stereocenters. The highest BCUT2D eigenvalue weighted by Crippen LogP contribution is 2.36. The molecule has 2 rings (SSSR count). The first kappa shape index (κ1) is 13.4. The van der Waals surface area contributed by atoms with Gasteiger partial charge in [0.25, 0.3) is 0 Å². The summed E-state index contributed by atoms with van der Waals surface area (Å²) in [5.74, 6) is 0.992. The van der Waals surface area contributed by atoms with Gasteiger partial charge in [0.1, 0.15) is 5.75 Å². The smallest absolute Gasteiger partial charge is 0.120 e. The third-order valence-corrected chi connectivity index (χ3v) is 3.68. The van der Waals surface area contributed by atoms with Gasteiger partial charge in [0.05, 0.1) is 6.10 Å². The average molecular weight is 247 g/mol. The van der Waals surface area contributed by atoms with Crippen LogP contribution in [0.15, 0.2) is 24.3 Å². The molecule has 1 N–H and O–H groups in total. The van der Waals surface area contributed by atoms with Crippen LogP contribution in [-0.2, 0) is 5.54 Å². The van der Waals surface area contributed by atoms with Gasteiger partial charge in [-0.1, -0.05) is 25.5 Å². The molecule has 100 valence electrons. The monoisotopic (exact) mass is 247 g/mol. The summed E-state index contributed by atoms with van der Waals surface area (Å²) in [7, 11) is 0. The normalized spacial score (nSPS) is 23.6. The molecule has 2 heteroatoms. The molecule has 1 unspecified atom stereocenters. The molecule has 0 aromatic heterocycles. The Labute approximate surface area is 111 Å². The maximum atomic E-state index is 5.81. The van der Waals surface area contributed by atoms with Gasteiger partial charge in [-0.2, -0.15) is 0 Å². The first-order valence-electron chi connectivity index (χ1n) is 7.18. The van der Waals surface area contributed by atoms with Crippen molar-refractivity contribution >= 4 is 0 Å². The maximum absolute atomic E-state index is 5.81. The summed E-state index contributed by atoms with van der Waals surface area (Å²) < 4.78 is 5.81. The van der Waals surface area contributed by atoms with Gasteiger partial charge < -0.3 is 10.1 Å². The van der Waals surface area contributed by atoms with Crippen molar-refractivity contribution in [3.8, 4) is 5.75 Å². The molecule has 1 aromatic rings. The second-order valence-corrected chi connectivity index (χ2v) is 5.56. The second-order valence-electron chi connectivity index (χ2n) is 5.56. The van der Waals surface area contributed by atoms with Crippen molar-refractivity contribution in [1.82, 2.24) is 5.32 Å². The predicted octanol–water partition coefficient (Wildman–Crippen LogP) is 3.85. The van der Waals surface area contributed by atoms with Gasteiger partial charge in [-0.25, -0.2) is 0 Å². The lowest BCUT2D eigenvalue weighted by Crippen LogP contribution is -2.36. The lowest BCUT2D eigenvalue weighted by atomic mass is 9.84. The molecule has 0 radical (unpaired) electrons. The van der Waals surface area contributed by atoms with Gasteiger partial charge in [0, 0.05) is 5.54 Å².